The highest BCUT2D eigenvalue weighted by Crippen LogP contribution is 2.31. The maximum absolute atomic E-state index is 13.4. The Morgan fingerprint density at radius 1 is 1.35 bits per heavy atom. The molecule has 6 heteroatoms. The van der Waals surface area contributed by atoms with E-state index >= 15 is 0 Å². The zero-order chi connectivity index (χ0) is 16.4. The average molecular weight is 316 g/mol. The third kappa shape index (κ3) is 3.26. The first kappa shape index (κ1) is 15.3. The van der Waals surface area contributed by atoms with Crippen LogP contribution < -0.4 is 10.6 Å². The van der Waals surface area contributed by atoms with E-state index < -0.39 is 6.04 Å². The van der Waals surface area contributed by atoms with Crippen molar-refractivity contribution >= 4 is 11.8 Å². The Bertz CT molecular complexity index is 727. The van der Waals surface area contributed by atoms with Crippen LogP contribution in [0.2, 0.25) is 0 Å². The van der Waals surface area contributed by atoms with Crippen molar-refractivity contribution in [1.29, 1.82) is 0 Å². The monoisotopic (exact) mass is 316 g/mol. The summed E-state index contributed by atoms with van der Waals surface area (Å²) in [5.74, 6) is -0.991. The van der Waals surface area contributed by atoms with E-state index in [-0.39, 0.29) is 23.7 Å². The number of benzene rings is 1. The van der Waals surface area contributed by atoms with E-state index in [9.17, 15) is 14.0 Å². The Morgan fingerprint density at radius 3 is 2.91 bits per heavy atom. The van der Waals surface area contributed by atoms with Gasteiger partial charge < -0.3 is 15.1 Å². The van der Waals surface area contributed by atoms with E-state index in [4.69, 9.17) is 4.42 Å². The van der Waals surface area contributed by atoms with Crippen molar-refractivity contribution in [2.45, 2.75) is 31.8 Å². The smallest absolute Gasteiger partial charge is 0.255 e. The van der Waals surface area contributed by atoms with Crippen LogP contribution in [-0.4, -0.2) is 17.9 Å². The van der Waals surface area contributed by atoms with Gasteiger partial charge in [-0.15, -0.1) is 0 Å². The molecule has 0 saturated heterocycles. The molecule has 0 saturated carbocycles. The molecule has 0 bridgehead atoms. The number of hydrogen-bond acceptors (Lipinski definition) is 3. The van der Waals surface area contributed by atoms with Crippen molar-refractivity contribution < 1.29 is 18.4 Å². The topological polar surface area (TPSA) is 71.3 Å². The quantitative estimate of drug-likeness (QED) is 0.909. The maximum Gasteiger partial charge on any atom is 0.255 e. The third-order valence-corrected chi connectivity index (χ3v) is 4.03. The standard InChI is InChI=1S/C17H17FN2O3/c1-10(19-17(22)12-6-7-23-9-12)16(21)20-15-5-3-11-2-4-13(18)8-14(11)15/h2,4,6-10,15H,3,5H2,1H3,(H,19,22)(H,20,21)/t10-,15+/m1/s1. The molecule has 2 amide bonds. The van der Waals surface area contributed by atoms with E-state index in [0.29, 0.717) is 5.56 Å². The fraction of sp³-hybridized carbons (Fsp3) is 0.294. The molecule has 1 heterocycles. The average Bonchev–Trinajstić information content (AvgIpc) is 3.17. The molecule has 2 N–H and O–H groups in total. The lowest BCUT2D eigenvalue weighted by molar-refractivity contribution is -0.123. The van der Waals surface area contributed by atoms with Crippen molar-refractivity contribution in [3.05, 3.63) is 59.3 Å². The highest BCUT2D eigenvalue weighted by molar-refractivity contribution is 5.97. The summed E-state index contributed by atoms with van der Waals surface area (Å²) in [6, 6.07) is 5.24. The van der Waals surface area contributed by atoms with Gasteiger partial charge in [-0.05, 0) is 49.1 Å². The van der Waals surface area contributed by atoms with Crippen LogP contribution in [0.1, 0.15) is 40.9 Å². The van der Waals surface area contributed by atoms with Gasteiger partial charge in [-0.3, -0.25) is 9.59 Å². The molecule has 0 aliphatic heterocycles. The maximum atomic E-state index is 13.4. The van der Waals surface area contributed by atoms with Gasteiger partial charge in [-0.25, -0.2) is 4.39 Å². The van der Waals surface area contributed by atoms with Gasteiger partial charge in [0.2, 0.25) is 5.91 Å². The molecule has 0 fully saturated rings. The largest absolute Gasteiger partial charge is 0.472 e. The molecule has 1 aliphatic rings. The first-order chi connectivity index (χ1) is 11.0. The number of carbonyl (C=O) groups is 2. The normalized spacial score (nSPS) is 17.4. The van der Waals surface area contributed by atoms with Gasteiger partial charge in [0.1, 0.15) is 18.1 Å². The predicted octanol–water partition coefficient (Wildman–Crippen LogP) is 2.34. The highest BCUT2D eigenvalue weighted by atomic mass is 19.1. The zero-order valence-electron chi connectivity index (χ0n) is 12.6. The van der Waals surface area contributed by atoms with Crippen LogP contribution in [0, 0.1) is 5.82 Å². The summed E-state index contributed by atoms with van der Waals surface area (Å²) in [5, 5.41) is 5.48. The molecule has 23 heavy (non-hydrogen) atoms. The lowest BCUT2D eigenvalue weighted by Gasteiger charge is -2.18. The molecule has 1 aromatic carbocycles. The number of fused-ring (bicyclic) bond motifs is 1. The van der Waals surface area contributed by atoms with Crippen molar-refractivity contribution in [3.8, 4) is 0 Å². The summed E-state index contributed by atoms with van der Waals surface area (Å²) >= 11 is 0. The van der Waals surface area contributed by atoms with Crippen LogP contribution in [0.5, 0.6) is 0 Å². The minimum atomic E-state index is -0.699. The Labute approximate surface area is 132 Å². The second-order valence-corrected chi connectivity index (χ2v) is 5.65. The van der Waals surface area contributed by atoms with Gasteiger partial charge >= 0.3 is 0 Å². The number of halogens is 1. The summed E-state index contributed by atoms with van der Waals surface area (Å²) in [6.45, 7) is 1.61. The molecule has 1 aromatic heterocycles. The lowest BCUT2D eigenvalue weighted by atomic mass is 10.1. The van der Waals surface area contributed by atoms with E-state index in [1.165, 1.54) is 30.7 Å². The number of nitrogens with one attached hydrogen (secondary N) is 2. The molecule has 0 spiro atoms. The molecule has 2 atom stereocenters. The molecule has 5 nitrogen and oxygen atoms in total. The number of aryl methyl sites for hydroxylation is 1. The number of carbonyl (C=O) groups excluding carboxylic acids is 2. The molecule has 1 aliphatic carbocycles. The molecule has 0 radical (unpaired) electrons. The number of rotatable bonds is 4. The SMILES string of the molecule is C[C@@H](NC(=O)c1ccoc1)C(=O)N[C@H]1CCc2ccc(F)cc21. The minimum absolute atomic E-state index is 0.221. The van der Waals surface area contributed by atoms with Gasteiger partial charge in [0.05, 0.1) is 17.9 Å². The molecule has 2 aromatic rings. The van der Waals surface area contributed by atoms with Gasteiger partial charge in [0, 0.05) is 0 Å². The third-order valence-electron chi connectivity index (χ3n) is 4.03. The molecule has 3 rings (SSSR count). The van der Waals surface area contributed by atoms with E-state index in [0.717, 1.165) is 24.0 Å². The van der Waals surface area contributed by atoms with Gasteiger partial charge in [0.25, 0.3) is 5.91 Å². The fourth-order valence-electron chi connectivity index (χ4n) is 2.76. The summed E-state index contributed by atoms with van der Waals surface area (Å²) in [6.07, 6.45) is 4.24. The summed E-state index contributed by atoms with van der Waals surface area (Å²) in [7, 11) is 0. The number of amides is 2. The van der Waals surface area contributed by atoms with Gasteiger partial charge in [-0.1, -0.05) is 6.07 Å². The second kappa shape index (κ2) is 6.24. The van der Waals surface area contributed by atoms with Gasteiger partial charge in [-0.2, -0.15) is 0 Å². The van der Waals surface area contributed by atoms with Crippen LogP contribution in [0.15, 0.2) is 41.2 Å². The van der Waals surface area contributed by atoms with E-state index in [1.54, 1.807) is 13.0 Å². The second-order valence-electron chi connectivity index (χ2n) is 5.65. The number of furan rings is 1. The Hall–Kier alpha value is -2.63. The highest BCUT2D eigenvalue weighted by Gasteiger charge is 2.26. The molecule has 120 valence electrons. The van der Waals surface area contributed by atoms with Gasteiger partial charge in [0.15, 0.2) is 0 Å². The molecular formula is C17H17FN2O3. The summed E-state index contributed by atoms with van der Waals surface area (Å²) in [4.78, 5) is 24.2. The Balaban J connectivity index is 1.62. The lowest BCUT2D eigenvalue weighted by Crippen LogP contribution is -2.45. The predicted molar refractivity (Wildman–Crippen MR) is 81.2 cm³/mol. The Morgan fingerprint density at radius 2 is 2.17 bits per heavy atom. The summed E-state index contributed by atoms with van der Waals surface area (Å²) in [5.41, 5.74) is 2.22. The number of hydrogen-bond donors (Lipinski definition) is 2. The van der Waals surface area contributed by atoms with Crippen LogP contribution in [0.4, 0.5) is 4.39 Å². The summed E-state index contributed by atoms with van der Waals surface area (Å²) < 4.78 is 18.2. The van der Waals surface area contributed by atoms with Crippen molar-refractivity contribution in [3.63, 3.8) is 0 Å². The molecule has 0 unspecified atom stereocenters. The van der Waals surface area contributed by atoms with Crippen LogP contribution in [-0.2, 0) is 11.2 Å². The zero-order valence-corrected chi connectivity index (χ0v) is 12.6. The van der Waals surface area contributed by atoms with Crippen molar-refractivity contribution in [2.75, 3.05) is 0 Å². The van der Waals surface area contributed by atoms with Crippen molar-refractivity contribution in [1.82, 2.24) is 10.6 Å². The van der Waals surface area contributed by atoms with Crippen molar-refractivity contribution in [2.24, 2.45) is 0 Å². The first-order valence-corrected chi connectivity index (χ1v) is 7.46. The Kier molecular flexibility index (Phi) is 4.14. The van der Waals surface area contributed by atoms with E-state index in [1.807, 2.05) is 0 Å². The van der Waals surface area contributed by atoms with Crippen LogP contribution >= 0.6 is 0 Å². The van der Waals surface area contributed by atoms with Crippen LogP contribution in [0.3, 0.4) is 0 Å². The first-order valence-electron chi connectivity index (χ1n) is 7.46. The van der Waals surface area contributed by atoms with Crippen LogP contribution in [0.25, 0.3) is 0 Å². The fourth-order valence-corrected chi connectivity index (χ4v) is 2.76. The minimum Gasteiger partial charge on any atom is -0.472 e. The van der Waals surface area contributed by atoms with E-state index in [2.05, 4.69) is 10.6 Å². The molecular weight excluding hydrogens is 299 g/mol.